The summed E-state index contributed by atoms with van der Waals surface area (Å²) in [5, 5.41) is 20.8. The summed E-state index contributed by atoms with van der Waals surface area (Å²) in [5.74, 6) is -0.968. The second kappa shape index (κ2) is 11.1. The van der Waals surface area contributed by atoms with Crippen molar-refractivity contribution in [3.63, 3.8) is 0 Å². The van der Waals surface area contributed by atoms with Crippen LogP contribution in [0.4, 0.5) is 8.78 Å². The number of hydrogen-bond acceptors (Lipinski definition) is 9. The van der Waals surface area contributed by atoms with Crippen molar-refractivity contribution in [3.05, 3.63) is 95.3 Å². The second-order valence-corrected chi connectivity index (χ2v) is 12.9. The number of nitrogens with zero attached hydrogens (tertiary/aromatic N) is 3. The molecule has 1 aliphatic carbocycles. The standard InChI is InChI=1S/C36H31F2N5O7/c1-34(33(39)45)18-48-31-24(34)15-28(41-30(31)19-8-11-25-26(13-19)50-36(37,38)49-25)35(46,22-6-4-3-5-7-22)17-40-32(44)20-12-21-16-43(23-9-10-23)42-29(21)27(14-20)47-2/h3-8,11-16,23,46H,9-10,17-18H2,1-2H3,(H2,39,45)(H,40,44)/t34-,35+/m0/s1. The van der Waals surface area contributed by atoms with E-state index in [4.69, 9.17) is 20.2 Å². The summed E-state index contributed by atoms with van der Waals surface area (Å²) in [6.45, 7) is 1.12. The first-order chi connectivity index (χ1) is 23.9. The van der Waals surface area contributed by atoms with E-state index in [0.29, 0.717) is 28.4 Å². The number of methoxy groups -OCH3 is 1. The first-order valence-corrected chi connectivity index (χ1v) is 15.9. The van der Waals surface area contributed by atoms with E-state index in [0.717, 1.165) is 18.2 Å². The van der Waals surface area contributed by atoms with Gasteiger partial charge in [0, 0.05) is 28.3 Å². The van der Waals surface area contributed by atoms with Crippen molar-refractivity contribution in [1.29, 1.82) is 0 Å². The molecular formula is C36H31F2N5O7. The molecule has 0 unspecified atom stereocenters. The molecule has 5 aromatic rings. The summed E-state index contributed by atoms with van der Waals surface area (Å²) in [4.78, 5) is 31.4. The van der Waals surface area contributed by atoms with E-state index in [-0.39, 0.29) is 52.9 Å². The van der Waals surface area contributed by atoms with Crippen LogP contribution in [0.25, 0.3) is 22.2 Å². The van der Waals surface area contributed by atoms with Crippen LogP contribution in [0, 0.1) is 0 Å². The first-order valence-electron chi connectivity index (χ1n) is 15.9. The Balaban J connectivity index is 1.22. The summed E-state index contributed by atoms with van der Waals surface area (Å²) >= 11 is 0. The number of hydrogen-bond donors (Lipinski definition) is 3. The number of aromatic nitrogens is 3. The van der Waals surface area contributed by atoms with Gasteiger partial charge in [0.15, 0.2) is 11.5 Å². The lowest BCUT2D eigenvalue weighted by molar-refractivity contribution is -0.286. The fourth-order valence-corrected chi connectivity index (χ4v) is 6.39. The Labute approximate surface area is 283 Å². The van der Waals surface area contributed by atoms with E-state index in [2.05, 4.69) is 19.9 Å². The highest BCUT2D eigenvalue weighted by Gasteiger charge is 2.47. The number of carbonyl (C=O) groups excluding carboxylic acids is 2. The number of benzene rings is 3. The molecule has 50 heavy (non-hydrogen) atoms. The molecule has 3 aliphatic rings. The van der Waals surface area contributed by atoms with E-state index >= 15 is 0 Å². The number of amides is 2. The Morgan fingerprint density at radius 1 is 1.10 bits per heavy atom. The van der Waals surface area contributed by atoms with Gasteiger partial charge in [-0.05, 0) is 61.7 Å². The van der Waals surface area contributed by atoms with Gasteiger partial charge in [0.05, 0.1) is 25.4 Å². The number of alkyl halides is 2. The molecule has 256 valence electrons. The van der Waals surface area contributed by atoms with Crippen LogP contribution in [0.3, 0.4) is 0 Å². The van der Waals surface area contributed by atoms with Crippen molar-refractivity contribution >= 4 is 22.7 Å². The smallest absolute Gasteiger partial charge is 0.494 e. The predicted octanol–water partition coefficient (Wildman–Crippen LogP) is 4.56. The number of primary amides is 1. The molecular weight excluding hydrogens is 652 g/mol. The normalized spacial score (nSPS) is 19.8. The van der Waals surface area contributed by atoms with E-state index in [1.807, 2.05) is 10.9 Å². The average Bonchev–Trinajstić information content (AvgIpc) is 3.65. The van der Waals surface area contributed by atoms with Crippen LogP contribution in [-0.2, 0) is 15.8 Å². The van der Waals surface area contributed by atoms with Crippen LogP contribution in [0.2, 0.25) is 0 Å². The Hall–Kier alpha value is -5.76. The molecule has 2 amide bonds. The molecule has 12 nitrogen and oxygen atoms in total. The zero-order chi connectivity index (χ0) is 35.0. The van der Waals surface area contributed by atoms with E-state index in [1.54, 1.807) is 49.4 Å². The SMILES string of the molecule is COc1cc(C(=O)NC[C@@](O)(c2ccccc2)c2cc3c(c(-c4ccc5c(c4)OC(F)(F)O5)n2)OC[C@]3(C)C(N)=O)cc2cn(C3CC3)nc12. The Morgan fingerprint density at radius 3 is 2.58 bits per heavy atom. The number of nitrogens with one attached hydrogen (secondary N) is 1. The van der Waals surface area contributed by atoms with Gasteiger partial charge in [0.2, 0.25) is 5.91 Å². The zero-order valence-electron chi connectivity index (χ0n) is 26.9. The molecule has 1 saturated carbocycles. The fourth-order valence-electron chi connectivity index (χ4n) is 6.39. The quantitative estimate of drug-likeness (QED) is 0.202. The van der Waals surface area contributed by atoms with Crippen molar-refractivity contribution in [1.82, 2.24) is 20.1 Å². The highest BCUT2D eigenvalue weighted by Crippen LogP contribution is 2.49. The first kappa shape index (κ1) is 31.5. The molecule has 0 spiro atoms. The number of rotatable bonds is 9. The highest BCUT2D eigenvalue weighted by atomic mass is 19.3. The fraction of sp³-hybridized carbons (Fsp3) is 0.278. The summed E-state index contributed by atoms with van der Waals surface area (Å²) < 4.78 is 50.5. The summed E-state index contributed by atoms with van der Waals surface area (Å²) in [7, 11) is 1.51. The lowest BCUT2D eigenvalue weighted by Crippen LogP contribution is -2.43. The highest BCUT2D eigenvalue weighted by molar-refractivity contribution is 6.00. The predicted molar refractivity (Wildman–Crippen MR) is 174 cm³/mol. The Morgan fingerprint density at radius 2 is 1.86 bits per heavy atom. The zero-order valence-corrected chi connectivity index (χ0v) is 26.9. The van der Waals surface area contributed by atoms with Gasteiger partial charge in [-0.2, -0.15) is 5.10 Å². The van der Waals surface area contributed by atoms with Gasteiger partial charge < -0.3 is 35.1 Å². The van der Waals surface area contributed by atoms with Gasteiger partial charge in [0.1, 0.15) is 40.3 Å². The minimum absolute atomic E-state index is 0.0393. The number of nitrogens with two attached hydrogens (primary N) is 1. The third-order valence-corrected chi connectivity index (χ3v) is 9.47. The number of halogens is 2. The summed E-state index contributed by atoms with van der Waals surface area (Å²) in [6.07, 6.45) is 0.111. The molecule has 3 aromatic carbocycles. The van der Waals surface area contributed by atoms with Gasteiger partial charge >= 0.3 is 6.29 Å². The molecule has 2 atom stereocenters. The molecule has 1 fully saturated rings. The van der Waals surface area contributed by atoms with Crippen molar-refractivity contribution in [2.75, 3.05) is 20.3 Å². The molecule has 8 rings (SSSR count). The van der Waals surface area contributed by atoms with E-state index in [1.165, 1.54) is 31.4 Å². The number of carbonyl (C=O) groups is 2. The lowest BCUT2D eigenvalue weighted by atomic mass is 9.80. The van der Waals surface area contributed by atoms with Crippen LogP contribution in [0.15, 0.2) is 72.9 Å². The molecule has 0 radical (unpaired) electrons. The van der Waals surface area contributed by atoms with Gasteiger partial charge in [-0.15, -0.1) is 8.78 Å². The minimum Gasteiger partial charge on any atom is -0.494 e. The molecule has 14 heteroatoms. The number of aliphatic hydroxyl groups is 1. The van der Waals surface area contributed by atoms with Crippen molar-refractivity contribution < 1.29 is 42.4 Å². The molecule has 4 heterocycles. The van der Waals surface area contributed by atoms with Crippen molar-refractivity contribution in [2.45, 2.75) is 43.1 Å². The van der Waals surface area contributed by atoms with Crippen LogP contribution in [0.5, 0.6) is 23.0 Å². The topological polar surface area (TPSA) is 160 Å². The second-order valence-electron chi connectivity index (χ2n) is 12.9. The summed E-state index contributed by atoms with van der Waals surface area (Å²) in [6, 6.07) is 17.8. The van der Waals surface area contributed by atoms with Gasteiger partial charge in [-0.1, -0.05) is 30.3 Å². The molecule has 0 saturated heterocycles. The van der Waals surface area contributed by atoms with Gasteiger partial charge in [0.25, 0.3) is 5.91 Å². The van der Waals surface area contributed by atoms with Crippen LogP contribution >= 0.6 is 0 Å². The van der Waals surface area contributed by atoms with Crippen LogP contribution in [0.1, 0.15) is 53.0 Å². The number of ether oxygens (including phenoxy) is 4. The maximum absolute atomic E-state index is 13.9. The molecule has 2 aromatic heterocycles. The average molecular weight is 684 g/mol. The molecule has 4 N–H and O–H groups in total. The minimum atomic E-state index is -3.85. The van der Waals surface area contributed by atoms with Crippen LogP contribution in [-0.4, -0.2) is 58.2 Å². The van der Waals surface area contributed by atoms with Crippen LogP contribution < -0.4 is 30.0 Å². The monoisotopic (exact) mass is 683 g/mol. The van der Waals surface area contributed by atoms with Crippen molar-refractivity contribution in [3.8, 4) is 34.3 Å². The molecule has 2 aliphatic heterocycles. The van der Waals surface area contributed by atoms with Gasteiger partial charge in [-0.3, -0.25) is 14.3 Å². The number of pyridine rings is 1. The Bertz CT molecular complexity index is 2210. The van der Waals surface area contributed by atoms with E-state index in [9.17, 15) is 23.5 Å². The molecule has 0 bridgehead atoms. The third kappa shape index (κ3) is 5.14. The number of fused-ring (bicyclic) bond motifs is 3. The maximum atomic E-state index is 13.9. The Kier molecular flexibility index (Phi) is 7.02. The third-order valence-electron chi connectivity index (χ3n) is 9.47. The summed E-state index contributed by atoms with van der Waals surface area (Å²) in [5.41, 5.74) is 4.64. The van der Waals surface area contributed by atoms with E-state index < -0.39 is 29.1 Å². The largest absolute Gasteiger partial charge is 0.586 e. The lowest BCUT2D eigenvalue weighted by Gasteiger charge is -2.30. The maximum Gasteiger partial charge on any atom is 0.586 e. The van der Waals surface area contributed by atoms with Crippen molar-refractivity contribution in [2.24, 2.45) is 5.73 Å². The van der Waals surface area contributed by atoms with Gasteiger partial charge in [-0.25, -0.2) is 4.98 Å².